The molecule has 1 saturated heterocycles. The van der Waals surface area contributed by atoms with Crippen molar-refractivity contribution in [3.05, 3.63) is 53.4 Å². The molecule has 9 nitrogen and oxygen atoms in total. The highest BCUT2D eigenvalue weighted by Crippen LogP contribution is 2.38. The van der Waals surface area contributed by atoms with Crippen LogP contribution in [0.5, 0.6) is 0 Å². The van der Waals surface area contributed by atoms with Crippen LogP contribution in [0.3, 0.4) is 0 Å². The summed E-state index contributed by atoms with van der Waals surface area (Å²) in [5, 5.41) is 41.7. The number of hydrogen-bond acceptors (Lipinski definition) is 8. The zero-order valence-electron chi connectivity index (χ0n) is 14.3. The molecule has 5 atom stereocenters. The second-order valence-corrected chi connectivity index (χ2v) is 6.70. The predicted octanol–water partition coefficient (Wildman–Crippen LogP) is 1.66. The van der Waals surface area contributed by atoms with Gasteiger partial charge in [0.15, 0.2) is 12.0 Å². The van der Waals surface area contributed by atoms with E-state index in [1.807, 2.05) is 5.48 Å². The Morgan fingerprint density at radius 3 is 2.50 bits per heavy atom. The molecule has 0 aliphatic carbocycles. The van der Waals surface area contributed by atoms with Gasteiger partial charge in [0.1, 0.15) is 36.4 Å². The Labute approximate surface area is 170 Å². The van der Waals surface area contributed by atoms with E-state index in [-0.39, 0.29) is 18.2 Å². The van der Waals surface area contributed by atoms with E-state index in [2.05, 4.69) is 9.97 Å². The summed E-state index contributed by atoms with van der Waals surface area (Å²) in [6, 6.07) is 8.13. The molecular formula is C17H18Cl2N4O5. The highest BCUT2D eigenvalue weighted by Gasteiger charge is 2.47. The quantitative estimate of drug-likeness (QED) is 0.396. The van der Waals surface area contributed by atoms with Crippen LogP contribution in [0.4, 0.5) is 5.82 Å². The summed E-state index contributed by atoms with van der Waals surface area (Å²) < 4.78 is 7.31. The summed E-state index contributed by atoms with van der Waals surface area (Å²) in [6.45, 7) is 0. The van der Waals surface area contributed by atoms with Crippen molar-refractivity contribution in [2.45, 2.75) is 30.6 Å². The van der Waals surface area contributed by atoms with Crippen LogP contribution in [0.15, 0.2) is 42.9 Å². The zero-order chi connectivity index (χ0) is 19.1. The van der Waals surface area contributed by atoms with E-state index < -0.39 is 30.6 Å². The number of aliphatic hydroxyl groups excluding tert-OH is 3. The molecule has 1 aliphatic heterocycles. The number of nitrogens with one attached hydrogen (secondary N) is 1. The van der Waals surface area contributed by atoms with Crippen LogP contribution in [0.1, 0.15) is 17.9 Å². The van der Waals surface area contributed by atoms with Gasteiger partial charge < -0.3 is 24.6 Å². The normalized spacial score (nSPS) is 25.5. The van der Waals surface area contributed by atoms with Gasteiger partial charge in [-0.1, -0.05) is 23.7 Å². The van der Waals surface area contributed by atoms with Crippen molar-refractivity contribution in [1.82, 2.24) is 14.5 Å². The number of rotatable bonds is 4. The van der Waals surface area contributed by atoms with Crippen molar-refractivity contribution in [2.75, 3.05) is 5.48 Å². The van der Waals surface area contributed by atoms with E-state index in [4.69, 9.17) is 21.5 Å². The average Bonchev–Trinajstić information content (AvgIpc) is 3.23. The molecule has 0 bridgehead atoms. The highest BCUT2D eigenvalue weighted by molar-refractivity contribution is 6.30. The van der Waals surface area contributed by atoms with E-state index in [0.717, 1.165) is 0 Å². The maximum absolute atomic E-state index is 10.6. The summed E-state index contributed by atoms with van der Waals surface area (Å²) in [6.07, 6.45) is -2.98. The molecule has 0 spiro atoms. The van der Waals surface area contributed by atoms with Gasteiger partial charge in [0.05, 0.1) is 5.39 Å². The summed E-state index contributed by atoms with van der Waals surface area (Å²) in [5.74, 6) is 0.199. The number of hydrogen-bond donors (Lipinski definition) is 5. The number of aliphatic hydroxyl groups is 3. The molecule has 1 aliphatic rings. The van der Waals surface area contributed by atoms with Gasteiger partial charge >= 0.3 is 0 Å². The summed E-state index contributed by atoms with van der Waals surface area (Å²) in [4.78, 5) is 8.04. The van der Waals surface area contributed by atoms with E-state index in [1.54, 1.807) is 36.5 Å². The van der Waals surface area contributed by atoms with Crippen LogP contribution in [0, 0.1) is 0 Å². The minimum Gasteiger partial charge on any atom is -0.387 e. The zero-order valence-corrected chi connectivity index (χ0v) is 15.8. The fourth-order valence-corrected chi connectivity index (χ4v) is 3.42. The number of ether oxygens (including phenoxy) is 1. The lowest BCUT2D eigenvalue weighted by Gasteiger charge is -2.21. The Hall–Kier alpha value is -1.98. The molecule has 0 radical (unpaired) electrons. The van der Waals surface area contributed by atoms with Crippen molar-refractivity contribution >= 4 is 40.9 Å². The molecule has 0 saturated carbocycles. The van der Waals surface area contributed by atoms with Gasteiger partial charge in [-0.3, -0.25) is 10.7 Å². The SMILES string of the molecule is Cl.ONc1ncnc2c1ccn2[C@@H]1O[C@H](C(O)c2ccc(Cl)cc2)[C@@H](O)[C@H]1O. The molecule has 150 valence electrons. The number of benzene rings is 1. The molecule has 11 heteroatoms. The lowest BCUT2D eigenvalue weighted by atomic mass is 9.99. The summed E-state index contributed by atoms with van der Waals surface area (Å²) in [7, 11) is 0. The van der Waals surface area contributed by atoms with E-state index in [0.29, 0.717) is 21.6 Å². The second kappa shape index (κ2) is 8.18. The predicted molar refractivity (Wildman–Crippen MR) is 103 cm³/mol. The van der Waals surface area contributed by atoms with Crippen LogP contribution in [-0.2, 0) is 4.74 Å². The molecule has 1 unspecified atom stereocenters. The first-order valence-electron chi connectivity index (χ1n) is 8.18. The van der Waals surface area contributed by atoms with Crippen LogP contribution >= 0.6 is 24.0 Å². The Morgan fingerprint density at radius 1 is 1.11 bits per heavy atom. The van der Waals surface area contributed by atoms with Crippen molar-refractivity contribution in [3.63, 3.8) is 0 Å². The summed E-state index contributed by atoms with van der Waals surface area (Å²) >= 11 is 5.86. The Morgan fingerprint density at radius 2 is 1.82 bits per heavy atom. The number of aromatic nitrogens is 3. The van der Waals surface area contributed by atoms with Gasteiger partial charge in [-0.25, -0.2) is 9.97 Å². The smallest absolute Gasteiger partial charge is 0.164 e. The maximum atomic E-state index is 10.6. The fraction of sp³-hybridized carbons (Fsp3) is 0.294. The lowest BCUT2D eigenvalue weighted by molar-refractivity contribution is -0.0848. The third kappa shape index (κ3) is 3.42. The van der Waals surface area contributed by atoms with Crippen LogP contribution in [-0.4, -0.2) is 53.4 Å². The number of nitrogens with zero attached hydrogens (tertiary/aromatic N) is 3. The van der Waals surface area contributed by atoms with Gasteiger partial charge in [0, 0.05) is 11.2 Å². The molecule has 3 heterocycles. The second-order valence-electron chi connectivity index (χ2n) is 6.26. The molecule has 4 rings (SSSR count). The Kier molecular flexibility index (Phi) is 6.06. The Bertz CT molecular complexity index is 954. The highest BCUT2D eigenvalue weighted by atomic mass is 35.5. The van der Waals surface area contributed by atoms with Gasteiger partial charge in [0.2, 0.25) is 0 Å². The van der Waals surface area contributed by atoms with Crippen LogP contribution in [0.2, 0.25) is 5.02 Å². The minimum atomic E-state index is -1.32. The monoisotopic (exact) mass is 428 g/mol. The number of fused-ring (bicyclic) bond motifs is 1. The number of anilines is 1. The first-order chi connectivity index (χ1) is 13.0. The first-order valence-corrected chi connectivity index (χ1v) is 8.56. The van der Waals surface area contributed by atoms with E-state index >= 15 is 0 Å². The molecule has 0 amide bonds. The maximum Gasteiger partial charge on any atom is 0.164 e. The van der Waals surface area contributed by atoms with Gasteiger partial charge in [0.25, 0.3) is 0 Å². The van der Waals surface area contributed by atoms with E-state index in [9.17, 15) is 15.3 Å². The Balaban J connectivity index is 0.00000225. The lowest BCUT2D eigenvalue weighted by Crippen LogP contribution is -2.34. The third-order valence-corrected chi connectivity index (χ3v) is 4.94. The average molecular weight is 429 g/mol. The molecule has 2 aromatic heterocycles. The molecule has 1 aromatic carbocycles. The standard InChI is InChI=1S/C17H17ClN4O5.ClH/c18-9-3-1-8(2-4-9)11(23)14-12(24)13(25)17(27-14)22-6-5-10-15(21-26)19-7-20-16(10)22;/h1-7,11-14,17,23-26H,(H,19,20,21);1H/t11?,12-,13+,14+,17+;/m0./s1. The largest absolute Gasteiger partial charge is 0.387 e. The van der Waals surface area contributed by atoms with Crippen molar-refractivity contribution in [3.8, 4) is 0 Å². The van der Waals surface area contributed by atoms with Crippen molar-refractivity contribution in [2.24, 2.45) is 0 Å². The third-order valence-electron chi connectivity index (χ3n) is 4.69. The van der Waals surface area contributed by atoms with Gasteiger partial charge in [-0.15, -0.1) is 12.4 Å². The van der Waals surface area contributed by atoms with Crippen molar-refractivity contribution in [1.29, 1.82) is 0 Å². The van der Waals surface area contributed by atoms with Crippen molar-refractivity contribution < 1.29 is 25.3 Å². The number of halogens is 2. The molecule has 5 N–H and O–H groups in total. The molecule has 28 heavy (non-hydrogen) atoms. The van der Waals surface area contributed by atoms with E-state index in [1.165, 1.54) is 10.9 Å². The minimum absolute atomic E-state index is 0. The van der Waals surface area contributed by atoms with Crippen LogP contribution < -0.4 is 5.48 Å². The first kappa shape index (κ1) is 20.7. The molecule has 3 aromatic rings. The van der Waals surface area contributed by atoms with Crippen LogP contribution in [0.25, 0.3) is 11.0 Å². The molecule has 1 fully saturated rings. The fourth-order valence-electron chi connectivity index (χ4n) is 3.29. The topological polar surface area (TPSA) is 133 Å². The van der Waals surface area contributed by atoms with Gasteiger partial charge in [-0.2, -0.15) is 0 Å². The van der Waals surface area contributed by atoms with Gasteiger partial charge in [-0.05, 0) is 23.8 Å². The molecular weight excluding hydrogens is 411 g/mol. The summed E-state index contributed by atoms with van der Waals surface area (Å²) in [5.41, 5.74) is 2.87.